The van der Waals surface area contributed by atoms with Gasteiger partial charge in [0.05, 0.1) is 6.10 Å². The van der Waals surface area contributed by atoms with Gasteiger partial charge in [-0.25, -0.2) is 0 Å². The fourth-order valence-corrected chi connectivity index (χ4v) is 1.19. The first-order chi connectivity index (χ1) is 5.29. The van der Waals surface area contributed by atoms with E-state index >= 15 is 0 Å². The fourth-order valence-electron chi connectivity index (χ4n) is 1.19. The maximum absolute atomic E-state index is 10.0. The van der Waals surface area contributed by atoms with Gasteiger partial charge in [0, 0.05) is 6.42 Å². The highest BCUT2D eigenvalue weighted by Gasteiger charge is 2.40. The molecule has 0 aromatic carbocycles. The Labute approximate surface area is 66.9 Å². The van der Waals surface area contributed by atoms with Crippen LogP contribution in [0, 0.1) is 18.3 Å². The van der Waals surface area contributed by atoms with Gasteiger partial charge in [-0.15, -0.1) is 6.42 Å². The zero-order valence-electron chi connectivity index (χ0n) is 6.62. The molecule has 60 valence electrons. The molecular weight excluding hydrogens is 140 g/mol. The molecule has 0 saturated carbocycles. The smallest absolute Gasteiger partial charge is 0.144 e. The van der Waals surface area contributed by atoms with E-state index in [0.717, 1.165) is 12.7 Å². The molecule has 2 heteroatoms. The average Bonchev–Trinajstić information content (AvgIpc) is 2.78. The minimum absolute atomic E-state index is 0.0108. The predicted octanol–water partition coefficient (Wildman–Crippen LogP) is 1.00. The monoisotopic (exact) mass is 152 g/mol. The summed E-state index contributed by atoms with van der Waals surface area (Å²) in [5, 5.41) is 0. The van der Waals surface area contributed by atoms with Crippen molar-refractivity contribution in [1.82, 2.24) is 0 Å². The van der Waals surface area contributed by atoms with E-state index < -0.39 is 0 Å². The van der Waals surface area contributed by atoms with Crippen molar-refractivity contribution in [3.8, 4) is 12.3 Å². The largest absolute Gasteiger partial charge is 0.356 e. The lowest BCUT2D eigenvalue weighted by atomic mass is 10.0. The molecule has 0 radical (unpaired) electrons. The van der Waals surface area contributed by atoms with Crippen molar-refractivity contribution in [2.75, 3.05) is 0 Å². The number of hydrogen-bond donors (Lipinski definition) is 0. The molecule has 0 spiro atoms. The van der Waals surface area contributed by atoms with Gasteiger partial charge in [-0.2, -0.15) is 0 Å². The van der Waals surface area contributed by atoms with Crippen LogP contribution in [-0.2, 0) is 9.53 Å². The highest BCUT2D eigenvalue weighted by molar-refractivity contribution is 5.49. The molecule has 1 heterocycles. The highest BCUT2D eigenvalue weighted by Crippen LogP contribution is 2.30. The van der Waals surface area contributed by atoms with E-state index in [-0.39, 0.29) is 12.2 Å². The van der Waals surface area contributed by atoms with E-state index in [0.29, 0.717) is 12.3 Å². The third-order valence-corrected chi connectivity index (χ3v) is 1.99. The van der Waals surface area contributed by atoms with Gasteiger partial charge in [0.1, 0.15) is 12.4 Å². The lowest BCUT2D eigenvalue weighted by molar-refractivity contribution is -0.108. The van der Waals surface area contributed by atoms with Crippen LogP contribution < -0.4 is 0 Å². The van der Waals surface area contributed by atoms with Crippen molar-refractivity contribution in [1.29, 1.82) is 0 Å². The molecule has 1 aliphatic heterocycles. The third-order valence-electron chi connectivity index (χ3n) is 1.99. The summed E-state index contributed by atoms with van der Waals surface area (Å²) in [7, 11) is 0. The molecule has 0 bridgehead atoms. The molecule has 0 N–H and O–H groups in total. The summed E-state index contributed by atoms with van der Waals surface area (Å²) < 4.78 is 5.17. The Morgan fingerprint density at radius 3 is 3.00 bits per heavy atom. The lowest BCUT2D eigenvalue weighted by Gasteiger charge is -2.02. The van der Waals surface area contributed by atoms with Crippen LogP contribution >= 0.6 is 0 Å². The number of hydrogen-bond acceptors (Lipinski definition) is 2. The predicted molar refractivity (Wildman–Crippen MR) is 42.0 cm³/mol. The van der Waals surface area contributed by atoms with Crippen molar-refractivity contribution in [3.05, 3.63) is 0 Å². The Balaban J connectivity index is 2.18. The number of carbonyl (C=O) groups excluding carboxylic acids is 1. The van der Waals surface area contributed by atoms with Crippen LogP contribution in [0.15, 0.2) is 0 Å². The maximum atomic E-state index is 10.0. The molecular formula is C9H12O2. The summed E-state index contributed by atoms with van der Waals surface area (Å²) in [5.74, 6) is 2.95. The molecule has 1 rings (SSSR count). The Morgan fingerprint density at radius 1 is 1.82 bits per heavy atom. The molecule has 1 fully saturated rings. The second kappa shape index (κ2) is 3.54. The molecule has 3 unspecified atom stereocenters. The first kappa shape index (κ1) is 8.29. The Bertz CT molecular complexity index is 180. The van der Waals surface area contributed by atoms with Crippen molar-refractivity contribution >= 4 is 6.29 Å². The lowest BCUT2D eigenvalue weighted by Crippen LogP contribution is -2.05. The minimum atomic E-state index is 0.0108. The number of epoxide rings is 1. The summed E-state index contributed by atoms with van der Waals surface area (Å²) in [4.78, 5) is 10.0. The first-order valence-electron chi connectivity index (χ1n) is 3.84. The zero-order chi connectivity index (χ0) is 8.27. The second-order valence-corrected chi connectivity index (χ2v) is 2.91. The van der Waals surface area contributed by atoms with Crippen LogP contribution in [0.25, 0.3) is 0 Å². The number of aldehydes is 1. The molecule has 1 aliphatic rings. The van der Waals surface area contributed by atoms with Gasteiger partial charge in [-0.1, -0.05) is 12.8 Å². The Morgan fingerprint density at radius 2 is 2.55 bits per heavy atom. The Hall–Kier alpha value is -0.810. The number of terminal acetylenes is 1. The zero-order valence-corrected chi connectivity index (χ0v) is 6.62. The topological polar surface area (TPSA) is 29.6 Å². The second-order valence-electron chi connectivity index (χ2n) is 2.91. The van der Waals surface area contributed by atoms with Gasteiger partial charge in [0.25, 0.3) is 0 Å². The fraction of sp³-hybridized carbons (Fsp3) is 0.667. The van der Waals surface area contributed by atoms with Gasteiger partial charge in [0.2, 0.25) is 0 Å². The summed E-state index contributed by atoms with van der Waals surface area (Å²) in [5.41, 5.74) is 0. The highest BCUT2D eigenvalue weighted by atomic mass is 16.6. The van der Waals surface area contributed by atoms with E-state index in [9.17, 15) is 4.79 Å². The number of ether oxygens (including phenoxy) is 1. The molecule has 0 amide bonds. The molecule has 0 aromatic heterocycles. The summed E-state index contributed by atoms with van der Waals surface area (Å²) in [6.07, 6.45) is 7.79. The van der Waals surface area contributed by atoms with E-state index in [4.69, 9.17) is 11.2 Å². The molecule has 2 nitrogen and oxygen atoms in total. The van der Waals surface area contributed by atoms with Gasteiger partial charge in [0.15, 0.2) is 0 Å². The van der Waals surface area contributed by atoms with Crippen LogP contribution in [-0.4, -0.2) is 18.5 Å². The third kappa shape index (κ3) is 2.06. The molecule has 11 heavy (non-hydrogen) atoms. The van der Waals surface area contributed by atoms with Crippen molar-refractivity contribution in [2.24, 2.45) is 5.92 Å². The van der Waals surface area contributed by atoms with Crippen LogP contribution in [0.3, 0.4) is 0 Å². The van der Waals surface area contributed by atoms with Crippen LogP contribution in [0.4, 0.5) is 0 Å². The Kier molecular flexibility index (Phi) is 2.67. The normalized spacial score (nSPS) is 30.5. The minimum Gasteiger partial charge on any atom is -0.356 e. The standard InChI is InChI=1S/C9H12O2/c1-3-8-9(11-8)7(2)5-4-6-10/h1,6-9H,4-5H2,2H3. The van der Waals surface area contributed by atoms with Crippen molar-refractivity contribution < 1.29 is 9.53 Å². The van der Waals surface area contributed by atoms with E-state index in [1.807, 2.05) is 0 Å². The van der Waals surface area contributed by atoms with E-state index in [2.05, 4.69) is 12.8 Å². The van der Waals surface area contributed by atoms with Crippen LogP contribution in [0.2, 0.25) is 0 Å². The van der Waals surface area contributed by atoms with Gasteiger partial charge in [-0.05, 0) is 12.3 Å². The molecule has 0 aromatic rings. The van der Waals surface area contributed by atoms with E-state index in [1.54, 1.807) is 0 Å². The summed E-state index contributed by atoms with van der Waals surface area (Å²) in [6, 6.07) is 0. The van der Waals surface area contributed by atoms with Crippen molar-refractivity contribution in [2.45, 2.75) is 32.0 Å². The number of carbonyl (C=O) groups is 1. The van der Waals surface area contributed by atoms with E-state index in [1.165, 1.54) is 0 Å². The van der Waals surface area contributed by atoms with Gasteiger partial charge < -0.3 is 9.53 Å². The van der Waals surface area contributed by atoms with Gasteiger partial charge >= 0.3 is 0 Å². The van der Waals surface area contributed by atoms with Crippen molar-refractivity contribution in [3.63, 3.8) is 0 Å². The molecule has 1 saturated heterocycles. The first-order valence-corrected chi connectivity index (χ1v) is 3.84. The number of rotatable bonds is 4. The summed E-state index contributed by atoms with van der Waals surface area (Å²) in [6.45, 7) is 2.06. The maximum Gasteiger partial charge on any atom is 0.144 e. The quantitative estimate of drug-likeness (QED) is 0.342. The molecule has 0 aliphatic carbocycles. The van der Waals surface area contributed by atoms with Gasteiger partial charge in [-0.3, -0.25) is 0 Å². The van der Waals surface area contributed by atoms with Crippen LogP contribution in [0.5, 0.6) is 0 Å². The van der Waals surface area contributed by atoms with Crippen LogP contribution in [0.1, 0.15) is 19.8 Å². The molecule has 3 atom stereocenters. The average molecular weight is 152 g/mol. The summed E-state index contributed by atoms with van der Waals surface area (Å²) >= 11 is 0. The SMILES string of the molecule is C#CC1OC1C(C)CCC=O.